The maximum Gasteiger partial charge on any atom is 0.0487 e. The van der Waals surface area contributed by atoms with Gasteiger partial charge >= 0.3 is 0 Å². The highest BCUT2D eigenvalue weighted by molar-refractivity contribution is 5.15. The Morgan fingerprint density at radius 1 is 1.36 bits per heavy atom. The molecule has 0 amide bonds. The Morgan fingerprint density at radius 2 is 2.07 bits per heavy atom. The molecule has 0 aromatic heterocycles. The van der Waals surface area contributed by atoms with Crippen molar-refractivity contribution >= 4 is 0 Å². The molecule has 0 bridgehead atoms. The normalized spacial score (nSPS) is 30.3. The summed E-state index contributed by atoms with van der Waals surface area (Å²) in [5.41, 5.74) is 1.66. The summed E-state index contributed by atoms with van der Waals surface area (Å²) >= 11 is 0. The van der Waals surface area contributed by atoms with Crippen molar-refractivity contribution in [2.75, 3.05) is 6.61 Å². The quantitative estimate of drug-likeness (QED) is 0.774. The van der Waals surface area contributed by atoms with Crippen LogP contribution in [0.3, 0.4) is 0 Å². The smallest absolute Gasteiger partial charge is 0.0487 e. The predicted octanol–water partition coefficient (Wildman–Crippen LogP) is 2.64. The molecule has 0 aliphatic heterocycles. The van der Waals surface area contributed by atoms with E-state index in [4.69, 9.17) is 5.11 Å². The van der Waals surface area contributed by atoms with Crippen LogP contribution in [0, 0.1) is 11.3 Å². The third-order valence-electron chi connectivity index (χ3n) is 3.52. The molecule has 0 heterocycles. The molecule has 1 nitrogen and oxygen atoms in total. The van der Waals surface area contributed by atoms with Crippen molar-refractivity contribution in [1.82, 2.24) is 0 Å². The summed E-state index contributed by atoms with van der Waals surface area (Å²) in [4.78, 5) is 0. The molecule has 0 saturated heterocycles. The summed E-state index contributed by atoms with van der Waals surface area (Å²) in [5, 5.41) is 9.13. The molecule has 0 spiro atoms. The standard InChI is InChI=1S/C13H18O/c1-13(10-14)9-12(13)8-7-11-5-3-2-4-6-11/h2-6,12,14H,7-10H2,1H3/t12-,13-/m1/s1. The van der Waals surface area contributed by atoms with Crippen LogP contribution < -0.4 is 0 Å². The molecular formula is C13H18O. The van der Waals surface area contributed by atoms with Gasteiger partial charge < -0.3 is 5.11 Å². The first-order valence-electron chi connectivity index (χ1n) is 5.39. The van der Waals surface area contributed by atoms with Gasteiger partial charge in [0.05, 0.1) is 0 Å². The molecule has 1 aliphatic carbocycles. The zero-order valence-corrected chi connectivity index (χ0v) is 8.74. The maximum absolute atomic E-state index is 9.13. The van der Waals surface area contributed by atoms with E-state index in [0.29, 0.717) is 6.61 Å². The molecule has 2 rings (SSSR count). The number of aliphatic hydroxyl groups excluding tert-OH is 1. The van der Waals surface area contributed by atoms with Crippen molar-refractivity contribution in [2.24, 2.45) is 11.3 Å². The summed E-state index contributed by atoms with van der Waals surface area (Å²) in [7, 11) is 0. The molecule has 76 valence electrons. The van der Waals surface area contributed by atoms with E-state index in [9.17, 15) is 0 Å². The average molecular weight is 190 g/mol. The van der Waals surface area contributed by atoms with Gasteiger partial charge in [0.15, 0.2) is 0 Å². The van der Waals surface area contributed by atoms with Gasteiger partial charge in [-0.05, 0) is 36.2 Å². The van der Waals surface area contributed by atoms with Crippen molar-refractivity contribution in [1.29, 1.82) is 0 Å². The van der Waals surface area contributed by atoms with Gasteiger partial charge in [0, 0.05) is 6.61 Å². The minimum absolute atomic E-state index is 0.245. The van der Waals surface area contributed by atoms with Crippen molar-refractivity contribution in [3.63, 3.8) is 0 Å². The lowest BCUT2D eigenvalue weighted by molar-refractivity contribution is 0.210. The van der Waals surface area contributed by atoms with Crippen LogP contribution in [0.1, 0.15) is 25.3 Å². The van der Waals surface area contributed by atoms with Crippen LogP contribution in [-0.2, 0) is 6.42 Å². The lowest BCUT2D eigenvalue weighted by Gasteiger charge is -2.06. The second-order valence-electron chi connectivity index (χ2n) is 4.74. The minimum atomic E-state index is 0.245. The number of aryl methyl sites for hydroxylation is 1. The molecule has 1 aromatic carbocycles. The molecule has 1 aromatic rings. The SMILES string of the molecule is C[C@]1(CO)C[C@H]1CCc1ccccc1. The summed E-state index contributed by atoms with van der Waals surface area (Å²) < 4.78 is 0. The van der Waals surface area contributed by atoms with E-state index in [2.05, 4.69) is 37.3 Å². The molecule has 0 radical (unpaired) electrons. The van der Waals surface area contributed by atoms with Crippen molar-refractivity contribution < 1.29 is 5.11 Å². The molecule has 1 saturated carbocycles. The zero-order valence-electron chi connectivity index (χ0n) is 8.74. The highest BCUT2D eigenvalue weighted by Crippen LogP contribution is 2.53. The predicted molar refractivity (Wildman–Crippen MR) is 58.1 cm³/mol. The molecule has 0 unspecified atom stereocenters. The lowest BCUT2D eigenvalue weighted by atomic mass is 10.0. The van der Waals surface area contributed by atoms with Gasteiger partial charge in [-0.3, -0.25) is 0 Å². The second kappa shape index (κ2) is 3.74. The Hall–Kier alpha value is -0.820. The van der Waals surface area contributed by atoms with Gasteiger partial charge in [-0.15, -0.1) is 0 Å². The van der Waals surface area contributed by atoms with Gasteiger partial charge in [0.2, 0.25) is 0 Å². The third kappa shape index (κ3) is 1.98. The van der Waals surface area contributed by atoms with E-state index < -0.39 is 0 Å². The van der Waals surface area contributed by atoms with Crippen LogP contribution in [0.2, 0.25) is 0 Å². The third-order valence-corrected chi connectivity index (χ3v) is 3.52. The largest absolute Gasteiger partial charge is 0.396 e. The molecule has 1 heteroatoms. The van der Waals surface area contributed by atoms with Gasteiger partial charge in [-0.1, -0.05) is 37.3 Å². The average Bonchev–Trinajstić information content (AvgIpc) is 2.90. The molecule has 2 atom stereocenters. The maximum atomic E-state index is 9.13. The Kier molecular flexibility index (Phi) is 2.60. The van der Waals surface area contributed by atoms with Crippen LogP contribution in [0.15, 0.2) is 30.3 Å². The lowest BCUT2D eigenvalue weighted by Crippen LogP contribution is -2.04. The Labute approximate surface area is 85.8 Å². The Balaban J connectivity index is 1.80. The summed E-state index contributed by atoms with van der Waals surface area (Å²) in [5.74, 6) is 0.743. The number of hydrogen-bond acceptors (Lipinski definition) is 1. The molecule has 14 heavy (non-hydrogen) atoms. The summed E-state index contributed by atoms with van der Waals surface area (Å²) in [6, 6.07) is 10.6. The van der Waals surface area contributed by atoms with E-state index in [1.54, 1.807) is 0 Å². The number of hydrogen-bond donors (Lipinski definition) is 1. The van der Waals surface area contributed by atoms with Crippen LogP contribution in [0.25, 0.3) is 0 Å². The van der Waals surface area contributed by atoms with Crippen molar-refractivity contribution in [2.45, 2.75) is 26.2 Å². The van der Waals surface area contributed by atoms with Gasteiger partial charge in [-0.25, -0.2) is 0 Å². The number of benzene rings is 1. The van der Waals surface area contributed by atoms with E-state index in [1.807, 2.05) is 0 Å². The second-order valence-corrected chi connectivity index (χ2v) is 4.74. The molecule has 1 aliphatic rings. The monoisotopic (exact) mass is 190 g/mol. The minimum Gasteiger partial charge on any atom is -0.396 e. The summed E-state index contributed by atoms with van der Waals surface area (Å²) in [6.45, 7) is 2.54. The zero-order chi connectivity index (χ0) is 10.0. The van der Waals surface area contributed by atoms with E-state index >= 15 is 0 Å². The van der Waals surface area contributed by atoms with Gasteiger partial charge in [0.1, 0.15) is 0 Å². The first-order valence-corrected chi connectivity index (χ1v) is 5.39. The van der Waals surface area contributed by atoms with Gasteiger partial charge in [-0.2, -0.15) is 0 Å². The van der Waals surface area contributed by atoms with Crippen LogP contribution in [-0.4, -0.2) is 11.7 Å². The fraction of sp³-hybridized carbons (Fsp3) is 0.538. The van der Waals surface area contributed by atoms with E-state index in [1.165, 1.54) is 18.4 Å². The topological polar surface area (TPSA) is 20.2 Å². The summed E-state index contributed by atoms with van der Waals surface area (Å²) in [6.07, 6.45) is 3.58. The number of rotatable bonds is 4. The fourth-order valence-electron chi connectivity index (χ4n) is 2.13. The molecule has 1 N–H and O–H groups in total. The van der Waals surface area contributed by atoms with Crippen LogP contribution in [0.5, 0.6) is 0 Å². The Morgan fingerprint density at radius 3 is 2.64 bits per heavy atom. The first kappa shape index (κ1) is 9.72. The van der Waals surface area contributed by atoms with E-state index in [0.717, 1.165) is 12.3 Å². The van der Waals surface area contributed by atoms with Gasteiger partial charge in [0.25, 0.3) is 0 Å². The van der Waals surface area contributed by atoms with Crippen LogP contribution in [0.4, 0.5) is 0 Å². The highest BCUT2D eigenvalue weighted by Gasteiger charge is 2.48. The van der Waals surface area contributed by atoms with Crippen molar-refractivity contribution in [3.05, 3.63) is 35.9 Å². The van der Waals surface area contributed by atoms with Crippen molar-refractivity contribution in [3.8, 4) is 0 Å². The highest BCUT2D eigenvalue weighted by atomic mass is 16.3. The first-order chi connectivity index (χ1) is 6.74. The van der Waals surface area contributed by atoms with Crippen LogP contribution >= 0.6 is 0 Å². The Bertz CT molecular complexity index is 293. The molecule has 1 fully saturated rings. The van der Waals surface area contributed by atoms with E-state index in [-0.39, 0.29) is 5.41 Å². The fourth-order valence-corrected chi connectivity index (χ4v) is 2.13. The number of aliphatic hydroxyl groups is 1. The molecular weight excluding hydrogens is 172 g/mol.